The molecule has 0 atom stereocenters. The van der Waals surface area contributed by atoms with E-state index in [0.717, 1.165) is 25.7 Å². The normalized spacial score (nSPS) is 20.3. The molecule has 0 heterocycles. The van der Waals surface area contributed by atoms with Crippen LogP contribution in [0.4, 0.5) is 0 Å². The lowest BCUT2D eigenvalue weighted by Crippen LogP contribution is -2.40. The summed E-state index contributed by atoms with van der Waals surface area (Å²) >= 11 is 0. The average Bonchev–Trinajstić information content (AvgIpc) is 2.54. The third kappa shape index (κ3) is 2.81. The Kier molecular flexibility index (Phi) is 4.11. The van der Waals surface area contributed by atoms with Crippen LogP contribution in [0.25, 0.3) is 0 Å². The third-order valence-electron chi connectivity index (χ3n) is 3.57. The van der Waals surface area contributed by atoms with Crippen molar-refractivity contribution in [2.75, 3.05) is 0 Å². The number of carbonyl (C=O) groups excluding carboxylic acids is 1. The Labute approximate surface area is 87.2 Å². The zero-order valence-corrected chi connectivity index (χ0v) is 9.51. The fourth-order valence-electron chi connectivity index (χ4n) is 2.49. The molecule has 2 nitrogen and oxygen atoms in total. The second-order valence-corrected chi connectivity index (χ2v) is 4.73. The molecule has 0 aromatic heterocycles. The van der Waals surface area contributed by atoms with Crippen molar-refractivity contribution in [3.63, 3.8) is 0 Å². The smallest absolute Gasteiger partial charge is 0.137 e. The van der Waals surface area contributed by atoms with E-state index < -0.39 is 0 Å². The van der Waals surface area contributed by atoms with Crippen molar-refractivity contribution in [3.05, 3.63) is 0 Å². The maximum absolute atomic E-state index is 11.9. The molecular formula is C12H23NO. The fourth-order valence-corrected chi connectivity index (χ4v) is 2.49. The zero-order chi connectivity index (χ0) is 10.6. The van der Waals surface area contributed by atoms with Gasteiger partial charge in [0.1, 0.15) is 5.78 Å². The quantitative estimate of drug-likeness (QED) is 0.736. The molecule has 1 fully saturated rings. The molecule has 1 aliphatic carbocycles. The first-order chi connectivity index (χ1) is 6.61. The molecular weight excluding hydrogens is 174 g/mol. The minimum Gasteiger partial charge on any atom is -0.325 e. The van der Waals surface area contributed by atoms with Crippen molar-refractivity contribution in [1.82, 2.24) is 0 Å². The van der Waals surface area contributed by atoms with Crippen molar-refractivity contribution in [2.24, 2.45) is 11.7 Å². The maximum Gasteiger partial charge on any atom is 0.137 e. The van der Waals surface area contributed by atoms with Gasteiger partial charge < -0.3 is 5.73 Å². The molecule has 14 heavy (non-hydrogen) atoms. The van der Waals surface area contributed by atoms with Crippen LogP contribution in [-0.4, -0.2) is 11.3 Å². The molecule has 2 N–H and O–H groups in total. The van der Waals surface area contributed by atoms with Gasteiger partial charge in [0.2, 0.25) is 0 Å². The van der Waals surface area contributed by atoms with Crippen LogP contribution < -0.4 is 5.73 Å². The molecule has 1 rings (SSSR count). The van der Waals surface area contributed by atoms with Crippen LogP contribution >= 0.6 is 0 Å². The molecule has 1 aliphatic rings. The van der Waals surface area contributed by atoms with Crippen LogP contribution in [0.2, 0.25) is 0 Å². The monoisotopic (exact) mass is 197 g/mol. The van der Waals surface area contributed by atoms with Gasteiger partial charge in [-0.3, -0.25) is 4.79 Å². The number of hydrogen-bond acceptors (Lipinski definition) is 2. The lowest BCUT2D eigenvalue weighted by molar-refractivity contribution is -0.124. The zero-order valence-electron chi connectivity index (χ0n) is 9.51. The molecule has 0 bridgehead atoms. The Morgan fingerprint density at radius 1 is 1.29 bits per heavy atom. The van der Waals surface area contributed by atoms with E-state index in [9.17, 15) is 4.79 Å². The van der Waals surface area contributed by atoms with Crippen molar-refractivity contribution in [1.29, 1.82) is 0 Å². The molecule has 0 aromatic carbocycles. The molecule has 1 saturated carbocycles. The van der Waals surface area contributed by atoms with Gasteiger partial charge in [0.25, 0.3) is 0 Å². The van der Waals surface area contributed by atoms with Crippen LogP contribution in [0.5, 0.6) is 0 Å². The van der Waals surface area contributed by atoms with E-state index in [-0.39, 0.29) is 11.5 Å². The minimum absolute atomic E-state index is 0.153. The SMILES string of the molecule is CCC(CC)C(=O)CC1(N)CCCC1. The highest BCUT2D eigenvalue weighted by Gasteiger charge is 2.32. The summed E-state index contributed by atoms with van der Waals surface area (Å²) in [6.45, 7) is 4.17. The summed E-state index contributed by atoms with van der Waals surface area (Å²) < 4.78 is 0. The Balaban J connectivity index is 2.46. The van der Waals surface area contributed by atoms with E-state index in [1.807, 2.05) is 0 Å². The molecule has 82 valence electrons. The summed E-state index contributed by atoms with van der Waals surface area (Å²) in [6.07, 6.45) is 7.02. The van der Waals surface area contributed by atoms with Crippen LogP contribution in [0.3, 0.4) is 0 Å². The standard InChI is InChI=1S/C12H23NO/c1-3-10(4-2)11(14)9-12(13)7-5-6-8-12/h10H,3-9,13H2,1-2H3. The van der Waals surface area contributed by atoms with E-state index >= 15 is 0 Å². The highest BCUT2D eigenvalue weighted by atomic mass is 16.1. The van der Waals surface area contributed by atoms with Gasteiger partial charge in [-0.2, -0.15) is 0 Å². The molecule has 0 spiro atoms. The summed E-state index contributed by atoms with van der Waals surface area (Å²) in [5, 5.41) is 0. The van der Waals surface area contributed by atoms with E-state index in [1.54, 1.807) is 0 Å². The van der Waals surface area contributed by atoms with E-state index in [4.69, 9.17) is 5.73 Å². The van der Waals surface area contributed by atoms with Gasteiger partial charge in [-0.1, -0.05) is 26.7 Å². The van der Waals surface area contributed by atoms with Crippen LogP contribution in [0.15, 0.2) is 0 Å². The highest BCUT2D eigenvalue weighted by Crippen LogP contribution is 2.31. The second kappa shape index (κ2) is 4.92. The molecule has 0 amide bonds. The van der Waals surface area contributed by atoms with Crippen molar-refractivity contribution in [3.8, 4) is 0 Å². The Morgan fingerprint density at radius 2 is 1.79 bits per heavy atom. The second-order valence-electron chi connectivity index (χ2n) is 4.73. The van der Waals surface area contributed by atoms with Crippen LogP contribution in [0.1, 0.15) is 58.8 Å². The van der Waals surface area contributed by atoms with Gasteiger partial charge in [-0.05, 0) is 25.7 Å². The lowest BCUT2D eigenvalue weighted by Gasteiger charge is -2.24. The number of hydrogen-bond donors (Lipinski definition) is 1. The van der Waals surface area contributed by atoms with Gasteiger partial charge in [0.05, 0.1) is 0 Å². The van der Waals surface area contributed by atoms with E-state index in [2.05, 4.69) is 13.8 Å². The van der Waals surface area contributed by atoms with Crippen molar-refractivity contribution < 1.29 is 4.79 Å². The first-order valence-electron chi connectivity index (χ1n) is 5.93. The Hall–Kier alpha value is -0.370. The Morgan fingerprint density at radius 3 is 2.21 bits per heavy atom. The molecule has 0 aliphatic heterocycles. The maximum atomic E-state index is 11.9. The number of ketones is 1. The van der Waals surface area contributed by atoms with Gasteiger partial charge in [-0.25, -0.2) is 0 Å². The summed E-state index contributed by atoms with van der Waals surface area (Å²) in [5.41, 5.74) is 6.03. The first-order valence-corrected chi connectivity index (χ1v) is 5.93. The van der Waals surface area contributed by atoms with Crippen LogP contribution in [-0.2, 0) is 4.79 Å². The average molecular weight is 197 g/mol. The van der Waals surface area contributed by atoms with Gasteiger partial charge in [-0.15, -0.1) is 0 Å². The van der Waals surface area contributed by atoms with E-state index in [1.165, 1.54) is 12.8 Å². The van der Waals surface area contributed by atoms with Gasteiger partial charge in [0, 0.05) is 17.9 Å². The largest absolute Gasteiger partial charge is 0.325 e. The predicted molar refractivity (Wildman–Crippen MR) is 59.1 cm³/mol. The highest BCUT2D eigenvalue weighted by molar-refractivity contribution is 5.82. The van der Waals surface area contributed by atoms with Crippen LogP contribution in [0, 0.1) is 5.92 Å². The predicted octanol–water partition coefficient (Wildman–Crippen LogP) is 2.65. The van der Waals surface area contributed by atoms with Crippen molar-refractivity contribution >= 4 is 5.78 Å². The number of nitrogens with two attached hydrogens (primary N) is 1. The minimum atomic E-state index is -0.153. The Bertz CT molecular complexity index is 190. The molecule has 0 saturated heterocycles. The molecule has 2 heteroatoms. The summed E-state index contributed by atoms with van der Waals surface area (Å²) in [7, 11) is 0. The van der Waals surface area contributed by atoms with Gasteiger partial charge in [0.15, 0.2) is 0 Å². The van der Waals surface area contributed by atoms with Crippen molar-refractivity contribution in [2.45, 2.75) is 64.3 Å². The lowest BCUT2D eigenvalue weighted by atomic mass is 9.86. The molecule has 0 unspecified atom stereocenters. The summed E-state index contributed by atoms with van der Waals surface area (Å²) in [5.74, 6) is 0.635. The first kappa shape index (κ1) is 11.7. The number of Topliss-reactive ketones (excluding diaryl/α,β-unsaturated/α-hetero) is 1. The fraction of sp³-hybridized carbons (Fsp3) is 0.917. The molecule has 0 radical (unpaired) electrons. The third-order valence-corrected chi connectivity index (χ3v) is 3.57. The van der Waals surface area contributed by atoms with Gasteiger partial charge >= 0.3 is 0 Å². The summed E-state index contributed by atoms with van der Waals surface area (Å²) in [4.78, 5) is 11.9. The van der Waals surface area contributed by atoms with E-state index in [0.29, 0.717) is 12.2 Å². The number of rotatable bonds is 5. The molecule has 0 aromatic rings. The number of carbonyl (C=O) groups is 1. The topological polar surface area (TPSA) is 43.1 Å². The summed E-state index contributed by atoms with van der Waals surface area (Å²) in [6, 6.07) is 0.